The van der Waals surface area contributed by atoms with Gasteiger partial charge in [-0.2, -0.15) is 12.7 Å². The van der Waals surface area contributed by atoms with Crippen LogP contribution in [0.4, 0.5) is 5.69 Å². The maximum absolute atomic E-state index is 13.0. The maximum Gasteiger partial charge on any atom is 0.304 e. The average molecular weight is 374 g/mol. The molecule has 1 aromatic carbocycles. The highest BCUT2D eigenvalue weighted by Gasteiger charge is 2.34. The van der Waals surface area contributed by atoms with E-state index < -0.39 is 20.2 Å². The molecule has 0 saturated carbocycles. The molecule has 0 radical (unpaired) electrons. The third kappa shape index (κ3) is 3.30. The van der Waals surface area contributed by atoms with Crippen molar-refractivity contribution in [2.45, 2.75) is 37.5 Å². The summed E-state index contributed by atoms with van der Waals surface area (Å²) in [5.74, 6) is 0.544. The predicted molar refractivity (Wildman–Crippen MR) is 92.4 cm³/mol. The van der Waals surface area contributed by atoms with Crippen molar-refractivity contribution in [3.8, 4) is 0 Å². The van der Waals surface area contributed by atoms with Crippen LogP contribution >= 0.6 is 0 Å². The van der Waals surface area contributed by atoms with Gasteiger partial charge in [0.15, 0.2) is 0 Å². The molecule has 2 aliphatic rings. The van der Waals surface area contributed by atoms with Gasteiger partial charge in [0.05, 0.1) is 10.6 Å². The Labute approximate surface area is 143 Å². The second-order valence-corrected chi connectivity index (χ2v) is 10.0. The van der Waals surface area contributed by atoms with Crippen LogP contribution in [0.2, 0.25) is 0 Å². The van der Waals surface area contributed by atoms with Gasteiger partial charge in [0, 0.05) is 19.6 Å². The molecule has 1 aromatic rings. The lowest BCUT2D eigenvalue weighted by Crippen LogP contribution is -2.48. The summed E-state index contributed by atoms with van der Waals surface area (Å²) in [7, 11) is -7.38. The minimum atomic E-state index is -3.79. The molecule has 134 valence electrons. The first-order valence-electron chi connectivity index (χ1n) is 8.13. The third-order valence-electron chi connectivity index (χ3n) is 4.80. The molecule has 2 aliphatic heterocycles. The highest BCUT2D eigenvalue weighted by Crippen LogP contribution is 2.33. The molecule has 0 unspecified atom stereocenters. The van der Waals surface area contributed by atoms with Crippen LogP contribution in [0.5, 0.6) is 0 Å². The maximum atomic E-state index is 13.0. The van der Waals surface area contributed by atoms with E-state index >= 15 is 0 Å². The Morgan fingerprint density at radius 3 is 2.38 bits per heavy atom. The van der Waals surface area contributed by atoms with Crippen molar-refractivity contribution in [2.24, 2.45) is 11.1 Å². The number of sulfonamides is 1. The molecule has 2 heterocycles. The summed E-state index contributed by atoms with van der Waals surface area (Å²) in [6, 6.07) is 4.42. The zero-order chi connectivity index (χ0) is 17.5. The second-order valence-electron chi connectivity index (χ2n) is 6.60. The summed E-state index contributed by atoms with van der Waals surface area (Å²) in [5, 5.41) is 5.17. The van der Waals surface area contributed by atoms with Gasteiger partial charge in [-0.1, -0.05) is 6.92 Å². The van der Waals surface area contributed by atoms with Crippen LogP contribution in [0, 0.1) is 5.92 Å². The first-order chi connectivity index (χ1) is 11.2. The lowest BCUT2D eigenvalue weighted by molar-refractivity contribution is 0.287. The SMILES string of the molecule is CC1CCN(S(=O)(=O)N2CCCc3cc(S(N)(=O)=O)ccc32)CC1. The molecule has 0 atom stereocenters. The highest BCUT2D eigenvalue weighted by molar-refractivity contribution is 7.90. The van der Waals surface area contributed by atoms with Gasteiger partial charge in [-0.3, -0.25) is 4.31 Å². The number of hydrogen-bond acceptors (Lipinski definition) is 4. The molecule has 0 spiro atoms. The number of rotatable bonds is 3. The van der Waals surface area contributed by atoms with E-state index in [1.165, 1.54) is 20.7 Å². The molecule has 24 heavy (non-hydrogen) atoms. The second kappa shape index (κ2) is 6.29. The van der Waals surface area contributed by atoms with Gasteiger partial charge in [-0.15, -0.1) is 0 Å². The number of aryl methyl sites for hydroxylation is 1. The molecule has 1 fully saturated rings. The molecular formula is C15H23N3O4S2. The Bertz CT molecular complexity index is 828. The molecule has 7 nitrogen and oxygen atoms in total. The van der Waals surface area contributed by atoms with Crippen molar-refractivity contribution in [2.75, 3.05) is 23.9 Å². The number of hydrogen-bond donors (Lipinski definition) is 1. The van der Waals surface area contributed by atoms with Crippen molar-refractivity contribution in [3.63, 3.8) is 0 Å². The average Bonchev–Trinajstić information content (AvgIpc) is 2.53. The Kier molecular flexibility index (Phi) is 4.63. The fourth-order valence-electron chi connectivity index (χ4n) is 3.31. The normalized spacial score (nSPS) is 20.8. The predicted octanol–water partition coefficient (Wildman–Crippen LogP) is 1.06. The summed E-state index contributed by atoms with van der Waals surface area (Å²) in [4.78, 5) is 0.0206. The van der Waals surface area contributed by atoms with E-state index in [9.17, 15) is 16.8 Å². The summed E-state index contributed by atoms with van der Waals surface area (Å²) in [6.45, 7) is 3.61. The highest BCUT2D eigenvalue weighted by atomic mass is 32.2. The van der Waals surface area contributed by atoms with E-state index in [2.05, 4.69) is 6.92 Å². The standard InChI is InChI=1S/C15H23N3O4S2/c1-12-6-9-17(10-7-12)24(21,22)18-8-2-3-13-11-14(23(16,19)20)4-5-15(13)18/h4-5,11-12H,2-3,6-10H2,1H3,(H2,16,19,20). The number of primary sulfonamides is 1. The Morgan fingerprint density at radius 1 is 1.08 bits per heavy atom. The van der Waals surface area contributed by atoms with Gasteiger partial charge in [-0.05, 0) is 55.4 Å². The number of benzene rings is 1. The molecule has 3 rings (SSSR count). The summed E-state index contributed by atoms with van der Waals surface area (Å²) >= 11 is 0. The van der Waals surface area contributed by atoms with E-state index in [1.54, 1.807) is 6.07 Å². The van der Waals surface area contributed by atoms with Crippen LogP contribution in [0.1, 0.15) is 31.7 Å². The van der Waals surface area contributed by atoms with Crippen LogP contribution in [-0.2, 0) is 26.7 Å². The Hall–Kier alpha value is -1.16. The summed E-state index contributed by atoms with van der Waals surface area (Å²) in [5.41, 5.74) is 1.27. The fourth-order valence-corrected chi connectivity index (χ4v) is 5.61. The lowest BCUT2D eigenvalue weighted by atomic mass is 10.0. The van der Waals surface area contributed by atoms with Crippen LogP contribution in [0.15, 0.2) is 23.1 Å². The zero-order valence-electron chi connectivity index (χ0n) is 13.7. The van der Waals surface area contributed by atoms with Crippen LogP contribution in [0.3, 0.4) is 0 Å². The topological polar surface area (TPSA) is 101 Å². The molecule has 0 amide bonds. The number of nitrogens with zero attached hydrogens (tertiary/aromatic N) is 2. The Morgan fingerprint density at radius 2 is 1.75 bits per heavy atom. The minimum absolute atomic E-state index is 0.0206. The molecule has 0 aromatic heterocycles. The number of fused-ring (bicyclic) bond motifs is 1. The molecule has 9 heteroatoms. The van der Waals surface area contributed by atoms with E-state index in [0.29, 0.717) is 49.6 Å². The zero-order valence-corrected chi connectivity index (χ0v) is 15.3. The summed E-state index contributed by atoms with van der Waals surface area (Å²) < 4.78 is 52.0. The van der Waals surface area contributed by atoms with Crippen LogP contribution in [0.25, 0.3) is 0 Å². The van der Waals surface area contributed by atoms with Crippen molar-refractivity contribution in [1.82, 2.24) is 4.31 Å². The monoisotopic (exact) mass is 373 g/mol. The largest absolute Gasteiger partial charge is 0.304 e. The summed E-state index contributed by atoms with van der Waals surface area (Å²) in [6.07, 6.45) is 3.03. The number of anilines is 1. The van der Waals surface area contributed by atoms with Crippen molar-refractivity contribution in [1.29, 1.82) is 0 Å². The first kappa shape index (κ1) is 17.7. The van der Waals surface area contributed by atoms with Gasteiger partial charge in [0.2, 0.25) is 10.0 Å². The van der Waals surface area contributed by atoms with E-state index in [0.717, 1.165) is 12.8 Å². The van der Waals surface area contributed by atoms with Crippen molar-refractivity contribution < 1.29 is 16.8 Å². The number of nitrogens with two attached hydrogens (primary N) is 1. The first-order valence-corrected chi connectivity index (χ1v) is 11.1. The van der Waals surface area contributed by atoms with E-state index in [-0.39, 0.29) is 4.90 Å². The van der Waals surface area contributed by atoms with Gasteiger partial charge in [0.25, 0.3) is 0 Å². The van der Waals surface area contributed by atoms with E-state index in [1.807, 2.05) is 0 Å². The van der Waals surface area contributed by atoms with Gasteiger partial charge >= 0.3 is 10.2 Å². The van der Waals surface area contributed by atoms with Gasteiger partial charge in [-0.25, -0.2) is 13.6 Å². The van der Waals surface area contributed by atoms with Crippen LogP contribution < -0.4 is 9.44 Å². The van der Waals surface area contributed by atoms with Gasteiger partial charge < -0.3 is 0 Å². The van der Waals surface area contributed by atoms with Gasteiger partial charge in [0.1, 0.15) is 0 Å². The molecular weight excluding hydrogens is 350 g/mol. The number of piperidine rings is 1. The quantitative estimate of drug-likeness (QED) is 0.856. The molecule has 0 bridgehead atoms. The molecule has 0 aliphatic carbocycles. The molecule has 2 N–H and O–H groups in total. The van der Waals surface area contributed by atoms with Crippen LogP contribution in [-0.4, -0.2) is 40.8 Å². The molecule has 1 saturated heterocycles. The van der Waals surface area contributed by atoms with E-state index in [4.69, 9.17) is 5.14 Å². The smallest absolute Gasteiger partial charge is 0.257 e. The van der Waals surface area contributed by atoms with Crippen molar-refractivity contribution in [3.05, 3.63) is 23.8 Å². The Balaban J connectivity index is 1.94. The van der Waals surface area contributed by atoms with Crippen molar-refractivity contribution >= 4 is 25.9 Å². The minimum Gasteiger partial charge on any atom is -0.257 e. The third-order valence-corrected chi connectivity index (χ3v) is 7.67. The fraction of sp³-hybridized carbons (Fsp3) is 0.600. The lowest BCUT2D eigenvalue weighted by Gasteiger charge is -2.37.